The van der Waals surface area contributed by atoms with Gasteiger partial charge in [-0.1, -0.05) is 18.9 Å². The van der Waals surface area contributed by atoms with Gasteiger partial charge in [0, 0.05) is 12.6 Å². The molecule has 0 amide bonds. The highest BCUT2D eigenvalue weighted by atomic mass is 15.3. The molecule has 0 saturated heterocycles. The zero-order valence-corrected chi connectivity index (χ0v) is 10.5. The Labute approximate surface area is 103 Å². The summed E-state index contributed by atoms with van der Waals surface area (Å²) in [5.41, 5.74) is 9.72. The number of nitrogens with zero attached hydrogens (tertiary/aromatic N) is 2. The second kappa shape index (κ2) is 7.09. The Bertz CT molecular complexity index is 345. The van der Waals surface area contributed by atoms with Gasteiger partial charge in [0.1, 0.15) is 5.82 Å². The molecule has 1 aromatic rings. The van der Waals surface area contributed by atoms with Crippen molar-refractivity contribution in [1.29, 1.82) is 0 Å². The van der Waals surface area contributed by atoms with E-state index in [-0.39, 0.29) is 6.04 Å². The van der Waals surface area contributed by atoms with Crippen LogP contribution in [0, 0.1) is 0 Å². The molecule has 0 aliphatic heterocycles. The van der Waals surface area contributed by atoms with Crippen molar-refractivity contribution in [2.24, 2.45) is 12.9 Å². The molecule has 0 aliphatic rings. The zero-order valence-electron chi connectivity index (χ0n) is 10.5. The summed E-state index contributed by atoms with van der Waals surface area (Å²) in [7, 11) is 1.83. The molecule has 0 aliphatic carbocycles. The van der Waals surface area contributed by atoms with E-state index in [1.807, 2.05) is 13.1 Å². The quantitative estimate of drug-likeness (QED) is 0.278. The molecule has 0 fully saturated rings. The largest absolute Gasteiger partial charge is 0.384 e. The van der Waals surface area contributed by atoms with Crippen LogP contribution < -0.4 is 17.0 Å². The van der Waals surface area contributed by atoms with Gasteiger partial charge < -0.3 is 5.73 Å². The van der Waals surface area contributed by atoms with E-state index < -0.39 is 0 Å². The van der Waals surface area contributed by atoms with Crippen LogP contribution in [0.25, 0.3) is 0 Å². The van der Waals surface area contributed by atoms with Crippen LogP contribution in [-0.4, -0.2) is 9.78 Å². The molecule has 0 saturated carbocycles. The number of hydrogen-bond donors (Lipinski definition) is 3. The topological polar surface area (TPSA) is 81.9 Å². The molecule has 1 atom stereocenters. The Morgan fingerprint density at radius 2 is 2.29 bits per heavy atom. The lowest BCUT2D eigenvalue weighted by molar-refractivity contribution is 0.485. The predicted molar refractivity (Wildman–Crippen MR) is 71.0 cm³/mol. The summed E-state index contributed by atoms with van der Waals surface area (Å²) in [4.78, 5) is 0. The number of nitrogens with one attached hydrogen (secondary N) is 1. The van der Waals surface area contributed by atoms with Crippen LogP contribution in [0.2, 0.25) is 0 Å². The zero-order chi connectivity index (χ0) is 12.7. The van der Waals surface area contributed by atoms with E-state index in [0.29, 0.717) is 5.82 Å². The highest BCUT2D eigenvalue weighted by Gasteiger charge is 2.15. The van der Waals surface area contributed by atoms with Gasteiger partial charge in [-0.15, -0.1) is 6.58 Å². The summed E-state index contributed by atoms with van der Waals surface area (Å²) in [6.45, 7) is 3.71. The third-order valence-electron chi connectivity index (χ3n) is 2.99. The Hall–Kier alpha value is -1.33. The van der Waals surface area contributed by atoms with Crippen molar-refractivity contribution < 1.29 is 0 Å². The predicted octanol–water partition coefficient (Wildman–Crippen LogP) is 1.64. The molecule has 1 heterocycles. The fraction of sp³-hybridized carbons (Fsp3) is 0.583. The molecule has 0 spiro atoms. The van der Waals surface area contributed by atoms with Gasteiger partial charge in [-0.2, -0.15) is 5.10 Å². The molecule has 0 bridgehead atoms. The van der Waals surface area contributed by atoms with Crippen molar-refractivity contribution in [3.05, 3.63) is 24.4 Å². The summed E-state index contributed by atoms with van der Waals surface area (Å²) < 4.78 is 1.66. The third-order valence-corrected chi connectivity index (χ3v) is 2.99. The Balaban J connectivity index is 2.43. The third kappa shape index (κ3) is 3.87. The van der Waals surface area contributed by atoms with Crippen molar-refractivity contribution in [3.8, 4) is 0 Å². The van der Waals surface area contributed by atoms with Gasteiger partial charge in [-0.25, -0.2) is 0 Å². The number of rotatable bonds is 8. The molecule has 1 aromatic heterocycles. The van der Waals surface area contributed by atoms with E-state index in [1.165, 1.54) is 12.8 Å². The molecule has 17 heavy (non-hydrogen) atoms. The number of unbranched alkanes of at least 4 members (excludes halogenated alkanes) is 3. The second-order valence-electron chi connectivity index (χ2n) is 4.25. The summed E-state index contributed by atoms with van der Waals surface area (Å²) in [6.07, 6.45) is 9.28. The normalized spacial score (nSPS) is 12.6. The molecule has 5 N–H and O–H groups in total. The summed E-state index contributed by atoms with van der Waals surface area (Å²) >= 11 is 0. The highest BCUT2D eigenvalue weighted by molar-refractivity contribution is 5.40. The maximum atomic E-state index is 5.92. The Morgan fingerprint density at radius 3 is 2.82 bits per heavy atom. The number of aryl methyl sites for hydroxylation is 1. The molecule has 5 heteroatoms. The first kappa shape index (κ1) is 13.7. The average Bonchev–Trinajstić information content (AvgIpc) is 2.66. The van der Waals surface area contributed by atoms with Crippen LogP contribution in [-0.2, 0) is 7.05 Å². The van der Waals surface area contributed by atoms with Crippen LogP contribution in [0.5, 0.6) is 0 Å². The van der Waals surface area contributed by atoms with E-state index in [0.717, 1.165) is 24.8 Å². The minimum Gasteiger partial charge on any atom is -0.384 e. The van der Waals surface area contributed by atoms with Crippen LogP contribution in [0.15, 0.2) is 18.9 Å². The van der Waals surface area contributed by atoms with E-state index in [1.54, 1.807) is 10.9 Å². The SMILES string of the molecule is C=CCCCCCC(NN)c1cnn(C)c1N. The highest BCUT2D eigenvalue weighted by Crippen LogP contribution is 2.23. The van der Waals surface area contributed by atoms with Gasteiger partial charge in [0.15, 0.2) is 0 Å². The van der Waals surface area contributed by atoms with Crippen molar-refractivity contribution in [2.75, 3.05) is 5.73 Å². The second-order valence-corrected chi connectivity index (χ2v) is 4.25. The maximum absolute atomic E-state index is 5.92. The first-order chi connectivity index (χ1) is 8.20. The smallest absolute Gasteiger partial charge is 0.126 e. The van der Waals surface area contributed by atoms with Gasteiger partial charge in [0.25, 0.3) is 0 Å². The summed E-state index contributed by atoms with van der Waals surface area (Å²) in [6, 6.07) is 0.0902. The van der Waals surface area contributed by atoms with Crippen LogP contribution >= 0.6 is 0 Å². The van der Waals surface area contributed by atoms with Crippen LogP contribution in [0.1, 0.15) is 43.7 Å². The van der Waals surface area contributed by atoms with Crippen LogP contribution in [0.3, 0.4) is 0 Å². The van der Waals surface area contributed by atoms with E-state index >= 15 is 0 Å². The number of hydrazine groups is 1. The molecule has 0 aromatic carbocycles. The molecular formula is C12H23N5. The van der Waals surface area contributed by atoms with E-state index in [9.17, 15) is 0 Å². The lowest BCUT2D eigenvalue weighted by Crippen LogP contribution is -2.28. The van der Waals surface area contributed by atoms with E-state index in [4.69, 9.17) is 11.6 Å². The Kier molecular flexibility index (Phi) is 5.72. The molecule has 0 radical (unpaired) electrons. The number of nitrogen functional groups attached to an aromatic ring is 1. The molecule has 1 rings (SSSR count). The van der Waals surface area contributed by atoms with E-state index in [2.05, 4.69) is 17.1 Å². The van der Waals surface area contributed by atoms with Gasteiger partial charge in [-0.3, -0.25) is 16.0 Å². The van der Waals surface area contributed by atoms with Crippen LogP contribution in [0.4, 0.5) is 5.82 Å². The van der Waals surface area contributed by atoms with Crippen molar-refractivity contribution in [3.63, 3.8) is 0 Å². The summed E-state index contributed by atoms with van der Waals surface area (Å²) in [5.74, 6) is 6.24. The summed E-state index contributed by atoms with van der Waals surface area (Å²) in [5, 5.41) is 4.13. The van der Waals surface area contributed by atoms with Gasteiger partial charge >= 0.3 is 0 Å². The Morgan fingerprint density at radius 1 is 1.53 bits per heavy atom. The maximum Gasteiger partial charge on any atom is 0.126 e. The fourth-order valence-electron chi connectivity index (χ4n) is 1.87. The fourth-order valence-corrected chi connectivity index (χ4v) is 1.87. The number of allylic oxidation sites excluding steroid dienone is 1. The minimum absolute atomic E-state index is 0.0902. The lowest BCUT2D eigenvalue weighted by Gasteiger charge is -2.15. The number of nitrogens with two attached hydrogens (primary N) is 2. The van der Waals surface area contributed by atoms with Gasteiger partial charge in [-0.05, 0) is 19.3 Å². The molecule has 96 valence electrons. The average molecular weight is 237 g/mol. The van der Waals surface area contributed by atoms with Crippen molar-refractivity contribution in [2.45, 2.75) is 38.1 Å². The molecule has 5 nitrogen and oxygen atoms in total. The van der Waals surface area contributed by atoms with Crippen molar-refractivity contribution in [1.82, 2.24) is 15.2 Å². The van der Waals surface area contributed by atoms with Crippen molar-refractivity contribution >= 4 is 5.82 Å². The molecular weight excluding hydrogens is 214 g/mol. The first-order valence-electron chi connectivity index (χ1n) is 6.05. The molecule has 1 unspecified atom stereocenters. The standard InChI is InChI=1S/C12H23N5/c1-3-4-5-6-7-8-11(16-14)10-9-15-17(2)12(10)13/h3,9,11,16H,1,4-8,13-14H2,2H3. The van der Waals surface area contributed by atoms with Gasteiger partial charge in [0.2, 0.25) is 0 Å². The van der Waals surface area contributed by atoms with Gasteiger partial charge in [0.05, 0.1) is 12.2 Å². The lowest BCUT2D eigenvalue weighted by atomic mass is 10.0. The number of aromatic nitrogens is 2. The number of anilines is 1. The first-order valence-corrected chi connectivity index (χ1v) is 6.05. The monoisotopic (exact) mass is 237 g/mol. The number of hydrogen-bond acceptors (Lipinski definition) is 4. The minimum atomic E-state index is 0.0902.